The molecule has 0 atom stereocenters. The molecule has 0 aliphatic heterocycles. The molecule has 0 spiro atoms. The van der Waals surface area contributed by atoms with Crippen LogP contribution in [0.3, 0.4) is 0 Å². The van der Waals surface area contributed by atoms with E-state index in [0.717, 1.165) is 5.56 Å². The van der Waals surface area contributed by atoms with Crippen molar-refractivity contribution in [2.45, 2.75) is 6.54 Å². The van der Waals surface area contributed by atoms with Crippen molar-refractivity contribution < 1.29 is 19.1 Å². The lowest BCUT2D eigenvalue weighted by molar-refractivity contribution is -0.305. The van der Waals surface area contributed by atoms with Gasteiger partial charge in [-0.3, -0.25) is 4.79 Å². The first-order valence-electron chi connectivity index (χ1n) is 5.72. The minimum absolute atomic E-state index is 0.207. The van der Waals surface area contributed by atoms with Gasteiger partial charge in [0.05, 0.1) is 24.3 Å². The number of carbonyl (C=O) groups is 2. The zero-order valence-corrected chi connectivity index (χ0v) is 10.1. The summed E-state index contributed by atoms with van der Waals surface area (Å²) in [5.41, 5.74) is 1.16. The number of rotatable bonds is 5. The highest BCUT2D eigenvalue weighted by molar-refractivity contribution is 5.95. The minimum Gasteiger partial charge on any atom is -0.548 e. The Hall–Kier alpha value is -2.56. The molecule has 0 radical (unpaired) electrons. The average Bonchev–Trinajstić information content (AvgIpc) is 2.91. The van der Waals surface area contributed by atoms with Gasteiger partial charge in [-0.1, -0.05) is 30.3 Å². The first-order valence-corrected chi connectivity index (χ1v) is 5.72. The second-order valence-electron chi connectivity index (χ2n) is 4.03. The Bertz CT molecular complexity index is 548. The lowest BCUT2D eigenvalue weighted by Crippen LogP contribution is -2.41. The van der Waals surface area contributed by atoms with Crippen molar-refractivity contribution in [3.8, 4) is 0 Å². The van der Waals surface area contributed by atoms with E-state index in [9.17, 15) is 14.7 Å². The first-order chi connectivity index (χ1) is 9.16. The summed E-state index contributed by atoms with van der Waals surface area (Å²) in [4.78, 5) is 24.1. The fourth-order valence-corrected chi connectivity index (χ4v) is 1.73. The molecule has 0 bridgehead atoms. The van der Waals surface area contributed by atoms with Gasteiger partial charge in [0.2, 0.25) is 0 Å². The summed E-state index contributed by atoms with van der Waals surface area (Å²) in [6, 6.07) is 10.7. The number of hydrogen-bond donors (Lipinski definition) is 0. The molecule has 2 aromatic rings. The summed E-state index contributed by atoms with van der Waals surface area (Å²) in [5.74, 6) is -1.70. The molecule has 1 aromatic heterocycles. The van der Waals surface area contributed by atoms with Crippen LogP contribution in [-0.2, 0) is 11.3 Å². The summed E-state index contributed by atoms with van der Waals surface area (Å²) < 4.78 is 4.83. The van der Waals surface area contributed by atoms with Gasteiger partial charge in [0, 0.05) is 6.54 Å². The molecule has 5 nitrogen and oxygen atoms in total. The van der Waals surface area contributed by atoms with E-state index in [1.807, 2.05) is 30.3 Å². The molecule has 98 valence electrons. The quantitative estimate of drug-likeness (QED) is 0.790. The molecule has 0 N–H and O–H groups in total. The normalized spacial score (nSPS) is 10.1. The Morgan fingerprint density at radius 1 is 1.16 bits per heavy atom. The third-order valence-corrected chi connectivity index (χ3v) is 2.59. The first kappa shape index (κ1) is 12.9. The smallest absolute Gasteiger partial charge is 0.257 e. The van der Waals surface area contributed by atoms with Gasteiger partial charge in [-0.25, -0.2) is 0 Å². The van der Waals surface area contributed by atoms with Gasteiger partial charge in [0.25, 0.3) is 5.91 Å². The number of hydrogen-bond acceptors (Lipinski definition) is 4. The van der Waals surface area contributed by atoms with Crippen LogP contribution in [0.2, 0.25) is 0 Å². The molecule has 1 amide bonds. The molecule has 1 heterocycles. The molecule has 5 heteroatoms. The Morgan fingerprint density at radius 3 is 2.47 bits per heavy atom. The second-order valence-corrected chi connectivity index (χ2v) is 4.03. The zero-order valence-electron chi connectivity index (χ0n) is 10.1. The monoisotopic (exact) mass is 258 g/mol. The van der Waals surface area contributed by atoms with Gasteiger partial charge in [-0.05, 0) is 11.6 Å². The van der Waals surface area contributed by atoms with Crippen molar-refractivity contribution in [3.05, 3.63) is 60.1 Å². The van der Waals surface area contributed by atoms with E-state index in [2.05, 4.69) is 0 Å². The number of carboxylic acid groups (broad SMARTS) is 1. The van der Waals surface area contributed by atoms with Crippen LogP contribution in [0.1, 0.15) is 15.9 Å². The van der Waals surface area contributed by atoms with Crippen molar-refractivity contribution >= 4 is 11.9 Å². The molecule has 0 fully saturated rings. The van der Waals surface area contributed by atoms with Gasteiger partial charge in [-0.15, -0.1) is 0 Å². The molecule has 0 saturated carbocycles. The predicted molar refractivity (Wildman–Crippen MR) is 64.9 cm³/mol. The van der Waals surface area contributed by atoms with Crippen LogP contribution in [0.25, 0.3) is 0 Å². The molecular weight excluding hydrogens is 246 g/mol. The predicted octanol–water partition coefficient (Wildman–Crippen LogP) is 0.672. The SMILES string of the molecule is O=C([O-])CN(Cc1ccccc1)C(=O)c1ccoc1. The Kier molecular flexibility index (Phi) is 3.97. The van der Waals surface area contributed by atoms with Gasteiger partial charge in [0.15, 0.2) is 0 Å². The molecule has 0 aliphatic rings. The lowest BCUT2D eigenvalue weighted by Gasteiger charge is -2.22. The Labute approximate surface area is 110 Å². The van der Waals surface area contributed by atoms with Crippen LogP contribution in [-0.4, -0.2) is 23.3 Å². The Balaban J connectivity index is 2.16. The maximum atomic E-state index is 12.1. The van der Waals surface area contributed by atoms with E-state index in [1.54, 1.807) is 0 Å². The van der Waals surface area contributed by atoms with E-state index in [-0.39, 0.29) is 6.54 Å². The topological polar surface area (TPSA) is 73.6 Å². The van der Waals surface area contributed by atoms with Crippen molar-refractivity contribution in [2.24, 2.45) is 0 Å². The average molecular weight is 258 g/mol. The number of benzene rings is 1. The van der Waals surface area contributed by atoms with Crippen molar-refractivity contribution in [3.63, 3.8) is 0 Å². The summed E-state index contributed by atoms with van der Waals surface area (Å²) in [6.45, 7) is -0.252. The summed E-state index contributed by atoms with van der Waals surface area (Å²) in [7, 11) is 0. The summed E-state index contributed by atoms with van der Waals surface area (Å²) in [6.07, 6.45) is 2.66. The van der Waals surface area contributed by atoms with Gasteiger partial charge >= 0.3 is 0 Å². The maximum absolute atomic E-state index is 12.1. The van der Waals surface area contributed by atoms with Crippen molar-refractivity contribution in [2.75, 3.05) is 6.54 Å². The van der Waals surface area contributed by atoms with Crippen molar-refractivity contribution in [1.29, 1.82) is 0 Å². The largest absolute Gasteiger partial charge is 0.548 e. The van der Waals surface area contributed by atoms with E-state index in [1.165, 1.54) is 23.5 Å². The molecule has 19 heavy (non-hydrogen) atoms. The number of carboxylic acids is 1. The van der Waals surface area contributed by atoms with E-state index >= 15 is 0 Å². The highest BCUT2D eigenvalue weighted by Gasteiger charge is 2.17. The highest BCUT2D eigenvalue weighted by Crippen LogP contribution is 2.10. The van der Waals surface area contributed by atoms with Crippen LogP contribution in [0, 0.1) is 0 Å². The minimum atomic E-state index is -1.30. The fraction of sp³-hybridized carbons (Fsp3) is 0.143. The van der Waals surface area contributed by atoms with Crippen LogP contribution < -0.4 is 5.11 Å². The number of aliphatic carboxylic acids is 1. The third kappa shape index (κ3) is 3.45. The second kappa shape index (κ2) is 5.86. The van der Waals surface area contributed by atoms with E-state index in [0.29, 0.717) is 5.56 Å². The number of amides is 1. The van der Waals surface area contributed by atoms with Crippen LogP contribution in [0.15, 0.2) is 53.3 Å². The van der Waals surface area contributed by atoms with Gasteiger partial charge < -0.3 is 19.2 Å². The van der Waals surface area contributed by atoms with E-state index in [4.69, 9.17) is 4.42 Å². The summed E-state index contributed by atoms with van der Waals surface area (Å²) >= 11 is 0. The molecule has 0 aliphatic carbocycles. The molecule has 1 aromatic carbocycles. The molecular formula is C14H12NO4-. The van der Waals surface area contributed by atoms with Crippen LogP contribution >= 0.6 is 0 Å². The standard InChI is InChI=1S/C14H13NO4/c16-13(17)9-15(8-11-4-2-1-3-5-11)14(18)12-6-7-19-10-12/h1-7,10H,8-9H2,(H,16,17)/p-1. The molecule has 2 rings (SSSR count). The van der Waals surface area contributed by atoms with Gasteiger partial charge in [0.1, 0.15) is 6.26 Å². The molecule has 0 unspecified atom stereocenters. The third-order valence-electron chi connectivity index (χ3n) is 2.59. The van der Waals surface area contributed by atoms with Crippen LogP contribution in [0.5, 0.6) is 0 Å². The van der Waals surface area contributed by atoms with E-state index < -0.39 is 18.4 Å². The molecule has 0 saturated heterocycles. The number of nitrogens with zero attached hydrogens (tertiary/aromatic N) is 1. The number of carbonyl (C=O) groups excluding carboxylic acids is 2. The van der Waals surface area contributed by atoms with Crippen molar-refractivity contribution in [1.82, 2.24) is 4.90 Å². The maximum Gasteiger partial charge on any atom is 0.257 e. The fourth-order valence-electron chi connectivity index (χ4n) is 1.73. The van der Waals surface area contributed by atoms with Gasteiger partial charge in [-0.2, -0.15) is 0 Å². The zero-order chi connectivity index (χ0) is 13.7. The Morgan fingerprint density at radius 2 is 1.89 bits per heavy atom. The lowest BCUT2D eigenvalue weighted by atomic mass is 10.2. The summed E-state index contributed by atoms with van der Waals surface area (Å²) in [5, 5.41) is 10.7. The highest BCUT2D eigenvalue weighted by atomic mass is 16.4. The number of furan rings is 1. The van der Waals surface area contributed by atoms with Crippen LogP contribution in [0.4, 0.5) is 0 Å².